The zero-order chi connectivity index (χ0) is 14.4. The molecular formula is C13H17FN2O3. The summed E-state index contributed by atoms with van der Waals surface area (Å²) in [7, 11) is 1.56. The number of hydrogen-bond donors (Lipinski definition) is 2. The molecule has 104 valence electrons. The molecule has 0 aliphatic heterocycles. The molecule has 0 unspecified atom stereocenters. The molecule has 0 aliphatic carbocycles. The van der Waals surface area contributed by atoms with Crippen molar-refractivity contribution >= 4 is 17.7 Å². The number of aliphatic carboxylic acids is 1. The van der Waals surface area contributed by atoms with Gasteiger partial charge in [-0.2, -0.15) is 0 Å². The quantitative estimate of drug-likeness (QED) is 0.861. The minimum atomic E-state index is -0.894. The van der Waals surface area contributed by atoms with Crippen LogP contribution < -0.4 is 5.32 Å². The number of amides is 2. The zero-order valence-corrected chi connectivity index (χ0v) is 10.9. The van der Waals surface area contributed by atoms with Gasteiger partial charge < -0.3 is 15.3 Å². The number of nitrogens with zero attached hydrogens (tertiary/aromatic N) is 1. The average Bonchev–Trinajstić information content (AvgIpc) is 2.34. The van der Waals surface area contributed by atoms with Gasteiger partial charge in [0.1, 0.15) is 5.82 Å². The lowest BCUT2D eigenvalue weighted by Crippen LogP contribution is -2.32. The zero-order valence-electron chi connectivity index (χ0n) is 10.9. The van der Waals surface area contributed by atoms with Crippen molar-refractivity contribution in [2.24, 2.45) is 0 Å². The fourth-order valence-electron chi connectivity index (χ4n) is 1.52. The van der Waals surface area contributed by atoms with E-state index in [9.17, 15) is 14.0 Å². The van der Waals surface area contributed by atoms with Crippen LogP contribution >= 0.6 is 0 Å². The Kier molecular flexibility index (Phi) is 5.29. The summed E-state index contributed by atoms with van der Waals surface area (Å²) in [6.45, 7) is 1.90. The highest BCUT2D eigenvalue weighted by Crippen LogP contribution is 2.17. The second-order valence-corrected chi connectivity index (χ2v) is 4.26. The molecule has 0 spiro atoms. The lowest BCUT2D eigenvalue weighted by atomic mass is 10.2. The van der Waals surface area contributed by atoms with E-state index < -0.39 is 5.97 Å². The summed E-state index contributed by atoms with van der Waals surface area (Å²) in [6, 6.07) is 4.06. The highest BCUT2D eigenvalue weighted by Gasteiger charge is 2.11. The van der Waals surface area contributed by atoms with E-state index in [0.29, 0.717) is 24.2 Å². The van der Waals surface area contributed by atoms with Crippen LogP contribution in [0.5, 0.6) is 0 Å². The van der Waals surface area contributed by atoms with E-state index in [1.54, 1.807) is 20.0 Å². The Morgan fingerprint density at radius 1 is 1.42 bits per heavy atom. The number of urea groups is 1. The number of benzene rings is 1. The summed E-state index contributed by atoms with van der Waals surface area (Å²) in [6.07, 6.45) is 0.387. The molecule has 0 heterocycles. The number of nitrogens with one attached hydrogen (secondary N) is 1. The van der Waals surface area contributed by atoms with E-state index >= 15 is 0 Å². The van der Waals surface area contributed by atoms with Gasteiger partial charge in [-0.1, -0.05) is 6.07 Å². The van der Waals surface area contributed by atoms with Crippen LogP contribution in [0.3, 0.4) is 0 Å². The third-order valence-corrected chi connectivity index (χ3v) is 2.74. The molecule has 6 heteroatoms. The second kappa shape index (κ2) is 6.72. The standard InChI is InChI=1S/C13H17FN2O3/c1-9-10(14)5-3-6-11(9)15-13(19)16(2)8-4-7-12(17)18/h3,5-6H,4,7-8H2,1-2H3,(H,15,19)(H,17,18). The van der Waals surface area contributed by atoms with Gasteiger partial charge in [0.05, 0.1) is 0 Å². The van der Waals surface area contributed by atoms with Crippen molar-refractivity contribution in [2.45, 2.75) is 19.8 Å². The molecule has 0 aliphatic rings. The summed E-state index contributed by atoms with van der Waals surface area (Å²) in [5, 5.41) is 11.1. The third-order valence-electron chi connectivity index (χ3n) is 2.74. The highest BCUT2D eigenvalue weighted by molar-refractivity contribution is 5.89. The van der Waals surface area contributed by atoms with Crippen LogP contribution in [-0.2, 0) is 4.79 Å². The van der Waals surface area contributed by atoms with Gasteiger partial charge in [-0.3, -0.25) is 4.79 Å². The molecule has 1 rings (SSSR count). The number of carboxylic acids is 1. The van der Waals surface area contributed by atoms with Gasteiger partial charge >= 0.3 is 12.0 Å². The second-order valence-electron chi connectivity index (χ2n) is 4.26. The Bertz CT molecular complexity index is 477. The number of carbonyl (C=O) groups is 2. The Hall–Kier alpha value is -2.11. The molecule has 0 aromatic heterocycles. The number of halogens is 1. The molecule has 0 saturated heterocycles. The van der Waals surface area contributed by atoms with E-state index in [2.05, 4.69) is 5.32 Å². The molecule has 0 atom stereocenters. The monoisotopic (exact) mass is 268 g/mol. The van der Waals surface area contributed by atoms with Crippen molar-refractivity contribution in [1.29, 1.82) is 0 Å². The van der Waals surface area contributed by atoms with Gasteiger partial charge in [0, 0.05) is 31.3 Å². The van der Waals surface area contributed by atoms with Crippen molar-refractivity contribution in [2.75, 3.05) is 18.9 Å². The lowest BCUT2D eigenvalue weighted by Gasteiger charge is -2.18. The molecule has 0 fully saturated rings. The van der Waals surface area contributed by atoms with Crippen LogP contribution in [0.4, 0.5) is 14.9 Å². The minimum Gasteiger partial charge on any atom is -0.481 e. The number of hydrogen-bond acceptors (Lipinski definition) is 2. The topological polar surface area (TPSA) is 69.6 Å². The maximum Gasteiger partial charge on any atom is 0.321 e. The van der Waals surface area contributed by atoms with Gasteiger partial charge in [0.25, 0.3) is 0 Å². The number of carboxylic acid groups (broad SMARTS) is 1. The number of rotatable bonds is 5. The van der Waals surface area contributed by atoms with Gasteiger partial charge in [-0.15, -0.1) is 0 Å². The largest absolute Gasteiger partial charge is 0.481 e. The molecule has 19 heavy (non-hydrogen) atoms. The van der Waals surface area contributed by atoms with E-state index in [4.69, 9.17) is 5.11 Å². The maximum absolute atomic E-state index is 13.3. The van der Waals surface area contributed by atoms with Gasteiger partial charge in [-0.25, -0.2) is 9.18 Å². The first-order valence-corrected chi connectivity index (χ1v) is 5.91. The van der Waals surface area contributed by atoms with E-state index in [1.165, 1.54) is 17.0 Å². The minimum absolute atomic E-state index is 0.0105. The molecule has 2 amide bonds. The Balaban J connectivity index is 2.54. The van der Waals surface area contributed by atoms with Crippen molar-refractivity contribution in [1.82, 2.24) is 4.90 Å². The summed E-state index contributed by atoms with van der Waals surface area (Å²) in [5.74, 6) is -1.28. The Labute approximate surface area is 111 Å². The van der Waals surface area contributed by atoms with E-state index in [0.717, 1.165) is 0 Å². The van der Waals surface area contributed by atoms with Crippen molar-refractivity contribution in [3.8, 4) is 0 Å². The van der Waals surface area contributed by atoms with Gasteiger partial charge in [0.15, 0.2) is 0 Å². The lowest BCUT2D eigenvalue weighted by molar-refractivity contribution is -0.137. The molecule has 2 N–H and O–H groups in total. The van der Waals surface area contributed by atoms with E-state index in [-0.39, 0.29) is 18.3 Å². The predicted octanol–water partition coefficient (Wildman–Crippen LogP) is 2.46. The molecule has 1 aromatic carbocycles. The summed E-state index contributed by atoms with van der Waals surface area (Å²) < 4.78 is 13.3. The first-order chi connectivity index (χ1) is 8.91. The summed E-state index contributed by atoms with van der Waals surface area (Å²) >= 11 is 0. The SMILES string of the molecule is Cc1c(F)cccc1NC(=O)N(C)CCCC(=O)O. The van der Waals surface area contributed by atoms with E-state index in [1.807, 2.05) is 0 Å². The van der Waals surface area contributed by atoms with Crippen molar-refractivity contribution in [3.63, 3.8) is 0 Å². The number of anilines is 1. The third kappa shape index (κ3) is 4.57. The molecule has 1 aromatic rings. The highest BCUT2D eigenvalue weighted by atomic mass is 19.1. The number of carbonyl (C=O) groups excluding carboxylic acids is 1. The predicted molar refractivity (Wildman–Crippen MR) is 69.7 cm³/mol. The average molecular weight is 268 g/mol. The van der Waals surface area contributed by atoms with Crippen LogP contribution in [0, 0.1) is 12.7 Å². The smallest absolute Gasteiger partial charge is 0.321 e. The Morgan fingerprint density at radius 3 is 2.74 bits per heavy atom. The maximum atomic E-state index is 13.3. The normalized spacial score (nSPS) is 10.1. The van der Waals surface area contributed by atoms with Crippen LogP contribution in [0.1, 0.15) is 18.4 Å². The first kappa shape index (κ1) is 14.9. The van der Waals surface area contributed by atoms with Crippen LogP contribution in [0.2, 0.25) is 0 Å². The van der Waals surface area contributed by atoms with Crippen molar-refractivity contribution in [3.05, 3.63) is 29.6 Å². The molecule has 0 bridgehead atoms. The summed E-state index contributed by atoms with van der Waals surface area (Å²) in [4.78, 5) is 23.5. The molecule has 0 radical (unpaired) electrons. The van der Waals surface area contributed by atoms with Crippen molar-refractivity contribution < 1.29 is 19.1 Å². The Morgan fingerprint density at radius 2 is 2.11 bits per heavy atom. The van der Waals surface area contributed by atoms with Gasteiger partial charge in [0.2, 0.25) is 0 Å². The van der Waals surface area contributed by atoms with Crippen LogP contribution in [-0.4, -0.2) is 35.6 Å². The van der Waals surface area contributed by atoms with Gasteiger partial charge in [-0.05, 0) is 25.5 Å². The molecular weight excluding hydrogens is 251 g/mol. The fourth-order valence-corrected chi connectivity index (χ4v) is 1.52. The fraction of sp³-hybridized carbons (Fsp3) is 0.385. The van der Waals surface area contributed by atoms with Crippen LogP contribution in [0.15, 0.2) is 18.2 Å². The molecule has 0 saturated carbocycles. The first-order valence-electron chi connectivity index (χ1n) is 5.91. The summed E-state index contributed by atoms with van der Waals surface area (Å²) in [5.41, 5.74) is 0.782. The molecule has 5 nitrogen and oxygen atoms in total. The van der Waals surface area contributed by atoms with Crippen LogP contribution in [0.25, 0.3) is 0 Å².